The van der Waals surface area contributed by atoms with E-state index in [2.05, 4.69) is 36.1 Å². The highest BCUT2D eigenvalue weighted by atomic mass is 32.2. The van der Waals surface area contributed by atoms with Crippen LogP contribution in [-0.4, -0.2) is 28.3 Å². The van der Waals surface area contributed by atoms with Crippen molar-refractivity contribution in [3.63, 3.8) is 0 Å². The van der Waals surface area contributed by atoms with Crippen molar-refractivity contribution in [3.8, 4) is 0 Å². The lowest BCUT2D eigenvalue weighted by molar-refractivity contribution is 0.496. The number of hydrogen-bond donors (Lipinski definition) is 2. The van der Waals surface area contributed by atoms with E-state index in [0.29, 0.717) is 6.04 Å². The van der Waals surface area contributed by atoms with E-state index in [4.69, 9.17) is 0 Å². The molecular weight excluding hydrogens is 282 g/mol. The molecule has 1 unspecified atom stereocenters. The Balaban J connectivity index is 2.25. The number of unbranched alkanes of at least 4 members (excludes halogenated alkanes) is 1. The summed E-state index contributed by atoms with van der Waals surface area (Å²) in [6.45, 7) is 7.64. The minimum atomic E-state index is -0.0339. The van der Waals surface area contributed by atoms with Crippen LogP contribution in [0.3, 0.4) is 0 Å². The van der Waals surface area contributed by atoms with Crippen molar-refractivity contribution in [2.75, 3.05) is 12.3 Å². The molecule has 4 nitrogen and oxygen atoms in total. The van der Waals surface area contributed by atoms with Crippen LogP contribution in [0.1, 0.15) is 58.6 Å². The van der Waals surface area contributed by atoms with Gasteiger partial charge in [0.05, 0.1) is 0 Å². The van der Waals surface area contributed by atoms with E-state index in [-0.39, 0.29) is 5.56 Å². The van der Waals surface area contributed by atoms with Crippen LogP contribution < -0.4 is 10.9 Å². The Kier molecular flexibility index (Phi) is 9.42. The Bertz CT molecular complexity index is 447. The van der Waals surface area contributed by atoms with Gasteiger partial charge in [0.15, 0.2) is 5.16 Å². The van der Waals surface area contributed by atoms with Gasteiger partial charge in [0, 0.05) is 23.6 Å². The summed E-state index contributed by atoms with van der Waals surface area (Å²) >= 11 is 1.66. The van der Waals surface area contributed by atoms with Crippen molar-refractivity contribution in [1.82, 2.24) is 15.3 Å². The fourth-order valence-corrected chi connectivity index (χ4v) is 3.05. The Hall–Kier alpha value is -0.810. The topological polar surface area (TPSA) is 57.8 Å². The molecule has 1 aromatic heterocycles. The molecule has 2 N–H and O–H groups in total. The number of rotatable bonds is 11. The van der Waals surface area contributed by atoms with E-state index >= 15 is 0 Å². The molecule has 0 radical (unpaired) electrons. The number of hydrogen-bond acceptors (Lipinski definition) is 4. The average molecular weight is 311 g/mol. The van der Waals surface area contributed by atoms with E-state index in [1.54, 1.807) is 17.8 Å². The summed E-state index contributed by atoms with van der Waals surface area (Å²) in [7, 11) is 0. The fraction of sp³-hybridized carbons (Fsp3) is 0.750. The molecule has 0 fully saturated rings. The van der Waals surface area contributed by atoms with Gasteiger partial charge in [-0.2, -0.15) is 0 Å². The van der Waals surface area contributed by atoms with E-state index in [1.165, 1.54) is 19.3 Å². The third kappa shape index (κ3) is 8.27. The highest BCUT2D eigenvalue weighted by molar-refractivity contribution is 7.99. The Morgan fingerprint density at radius 1 is 1.33 bits per heavy atom. The van der Waals surface area contributed by atoms with E-state index < -0.39 is 0 Å². The lowest BCUT2D eigenvalue weighted by atomic mass is 10.1. The molecule has 1 atom stereocenters. The molecule has 0 aromatic carbocycles. The molecule has 0 aliphatic heterocycles. The van der Waals surface area contributed by atoms with Crippen LogP contribution in [0, 0.1) is 0 Å². The molecule has 0 spiro atoms. The second kappa shape index (κ2) is 10.9. The largest absolute Gasteiger partial charge is 0.314 e. The van der Waals surface area contributed by atoms with Crippen molar-refractivity contribution in [2.24, 2.45) is 0 Å². The fourth-order valence-electron chi connectivity index (χ4n) is 2.15. The number of nitrogens with one attached hydrogen (secondary N) is 2. The van der Waals surface area contributed by atoms with Crippen LogP contribution in [0.15, 0.2) is 16.0 Å². The average Bonchev–Trinajstić information content (AvgIpc) is 2.44. The van der Waals surface area contributed by atoms with Crippen molar-refractivity contribution < 1.29 is 0 Å². The molecule has 1 heterocycles. The van der Waals surface area contributed by atoms with E-state index in [1.807, 2.05) is 0 Å². The van der Waals surface area contributed by atoms with Gasteiger partial charge in [-0.3, -0.25) is 4.79 Å². The van der Waals surface area contributed by atoms with Gasteiger partial charge in [-0.25, -0.2) is 4.98 Å². The van der Waals surface area contributed by atoms with Gasteiger partial charge in [-0.15, -0.1) is 0 Å². The monoisotopic (exact) mass is 311 g/mol. The first-order valence-corrected chi connectivity index (χ1v) is 9.10. The summed E-state index contributed by atoms with van der Waals surface area (Å²) < 4.78 is 0. The normalized spacial score (nSPS) is 12.5. The number of nitrogens with zero attached hydrogens (tertiary/aromatic N) is 1. The molecule has 5 heteroatoms. The molecule has 0 bridgehead atoms. The van der Waals surface area contributed by atoms with Gasteiger partial charge in [0.2, 0.25) is 0 Å². The molecule has 0 aliphatic carbocycles. The highest BCUT2D eigenvalue weighted by Crippen LogP contribution is 2.15. The summed E-state index contributed by atoms with van der Waals surface area (Å²) in [5, 5.41) is 4.27. The van der Waals surface area contributed by atoms with Crippen molar-refractivity contribution in [2.45, 2.75) is 70.5 Å². The quantitative estimate of drug-likeness (QED) is 0.374. The molecule has 1 rings (SSSR count). The lowest BCUT2D eigenvalue weighted by Crippen LogP contribution is -2.26. The number of H-pyrrole nitrogens is 1. The lowest BCUT2D eigenvalue weighted by Gasteiger charge is -2.12. The summed E-state index contributed by atoms with van der Waals surface area (Å²) in [4.78, 5) is 18.9. The van der Waals surface area contributed by atoms with Gasteiger partial charge in [-0.1, -0.05) is 38.5 Å². The standard InChI is InChI=1S/C16H29N3OS/c1-4-8-14-12-15(20)19-16(18-14)21-11-7-6-9-13(3)17-10-5-2/h12-13,17H,4-11H2,1-3H3,(H,18,19,20). The van der Waals surface area contributed by atoms with Gasteiger partial charge in [0.25, 0.3) is 5.56 Å². The summed E-state index contributed by atoms with van der Waals surface area (Å²) in [5.41, 5.74) is 0.870. The van der Waals surface area contributed by atoms with Crippen molar-refractivity contribution >= 4 is 11.8 Å². The van der Waals surface area contributed by atoms with Gasteiger partial charge >= 0.3 is 0 Å². The zero-order valence-electron chi connectivity index (χ0n) is 13.6. The zero-order chi connectivity index (χ0) is 15.5. The highest BCUT2D eigenvalue weighted by Gasteiger charge is 2.03. The van der Waals surface area contributed by atoms with Gasteiger partial charge in [0.1, 0.15) is 0 Å². The summed E-state index contributed by atoms with van der Waals surface area (Å²) in [6.07, 6.45) is 6.66. The van der Waals surface area contributed by atoms with Crippen LogP contribution in [-0.2, 0) is 6.42 Å². The first kappa shape index (κ1) is 18.2. The Morgan fingerprint density at radius 2 is 2.14 bits per heavy atom. The van der Waals surface area contributed by atoms with Gasteiger partial charge < -0.3 is 10.3 Å². The third-order valence-electron chi connectivity index (χ3n) is 3.29. The molecular formula is C16H29N3OS. The summed E-state index contributed by atoms with van der Waals surface area (Å²) in [6, 6.07) is 2.20. The minimum Gasteiger partial charge on any atom is -0.314 e. The molecule has 120 valence electrons. The number of aromatic amines is 1. The molecule has 1 aromatic rings. The second-order valence-electron chi connectivity index (χ2n) is 5.49. The van der Waals surface area contributed by atoms with Gasteiger partial charge in [-0.05, 0) is 39.2 Å². The van der Waals surface area contributed by atoms with E-state index in [9.17, 15) is 4.79 Å². The first-order valence-electron chi connectivity index (χ1n) is 8.12. The molecule has 0 saturated heterocycles. The maximum absolute atomic E-state index is 11.5. The van der Waals surface area contributed by atoms with Crippen molar-refractivity contribution in [3.05, 3.63) is 22.1 Å². The second-order valence-corrected chi connectivity index (χ2v) is 6.57. The molecule has 0 saturated carbocycles. The van der Waals surface area contributed by atoms with Crippen LogP contribution >= 0.6 is 11.8 Å². The minimum absolute atomic E-state index is 0.0339. The number of aryl methyl sites for hydroxylation is 1. The molecule has 21 heavy (non-hydrogen) atoms. The van der Waals surface area contributed by atoms with Crippen molar-refractivity contribution in [1.29, 1.82) is 0 Å². The SMILES string of the molecule is CCCNC(C)CCCCSc1nc(CCC)cc(=O)[nH]1. The zero-order valence-corrected chi connectivity index (χ0v) is 14.4. The predicted octanol–water partition coefficient (Wildman–Crippen LogP) is 3.37. The van der Waals surface area contributed by atoms with Crippen LogP contribution in [0.4, 0.5) is 0 Å². The smallest absolute Gasteiger partial charge is 0.251 e. The number of aromatic nitrogens is 2. The first-order chi connectivity index (χ1) is 10.2. The van der Waals surface area contributed by atoms with Crippen LogP contribution in [0.5, 0.6) is 0 Å². The Morgan fingerprint density at radius 3 is 2.86 bits per heavy atom. The van der Waals surface area contributed by atoms with E-state index in [0.717, 1.165) is 42.4 Å². The predicted molar refractivity (Wildman–Crippen MR) is 91.2 cm³/mol. The maximum Gasteiger partial charge on any atom is 0.251 e. The van der Waals surface area contributed by atoms with Crippen LogP contribution in [0.25, 0.3) is 0 Å². The third-order valence-corrected chi connectivity index (χ3v) is 4.25. The number of thioether (sulfide) groups is 1. The maximum atomic E-state index is 11.5. The Labute approximate surface area is 132 Å². The van der Waals surface area contributed by atoms with Crippen LogP contribution in [0.2, 0.25) is 0 Å². The summed E-state index contributed by atoms with van der Waals surface area (Å²) in [5.74, 6) is 1.01. The molecule has 0 aliphatic rings. The molecule has 0 amide bonds.